The molecule has 0 aromatic heterocycles. The van der Waals surface area contributed by atoms with Gasteiger partial charge in [0, 0.05) is 19.9 Å². The highest BCUT2D eigenvalue weighted by Gasteiger charge is 2.40. The molecule has 0 spiro atoms. The van der Waals surface area contributed by atoms with Crippen molar-refractivity contribution in [2.75, 3.05) is 0 Å². The molecule has 0 unspecified atom stereocenters. The third-order valence-electron chi connectivity index (χ3n) is 3.07. The molecule has 0 saturated heterocycles. The van der Waals surface area contributed by atoms with Crippen LogP contribution in [0.25, 0.3) is 0 Å². The number of benzene rings is 1. The molecular weight excluding hydrogens is 313 g/mol. The van der Waals surface area contributed by atoms with E-state index in [1.807, 2.05) is 0 Å². The highest BCUT2D eigenvalue weighted by atomic mass is 19.4. The first-order valence-corrected chi connectivity index (χ1v) is 7.22. The van der Waals surface area contributed by atoms with Gasteiger partial charge >= 0.3 is 18.1 Å². The molecule has 0 aliphatic carbocycles. The van der Waals surface area contributed by atoms with E-state index in [4.69, 9.17) is 9.47 Å². The monoisotopic (exact) mass is 332 g/mol. The van der Waals surface area contributed by atoms with Crippen LogP contribution in [0.2, 0.25) is 0 Å². The van der Waals surface area contributed by atoms with Gasteiger partial charge in [0.15, 0.2) is 0 Å². The second-order valence-corrected chi connectivity index (χ2v) is 5.16. The van der Waals surface area contributed by atoms with Crippen LogP contribution in [0.1, 0.15) is 51.5 Å². The molecule has 0 aliphatic heterocycles. The van der Waals surface area contributed by atoms with Gasteiger partial charge in [-0.1, -0.05) is 19.8 Å². The first kappa shape index (κ1) is 19.0. The first-order valence-electron chi connectivity index (χ1n) is 7.22. The lowest BCUT2D eigenvalue weighted by Gasteiger charge is -2.21. The third kappa shape index (κ3) is 6.30. The lowest BCUT2D eigenvalue weighted by Crippen LogP contribution is -2.21. The number of ether oxygens (including phenoxy) is 2. The summed E-state index contributed by atoms with van der Waals surface area (Å²) in [5.41, 5.74) is -0.0963. The summed E-state index contributed by atoms with van der Waals surface area (Å²) in [5, 5.41) is 0. The Hall–Kier alpha value is -2.05. The molecule has 128 valence electrons. The van der Waals surface area contributed by atoms with Gasteiger partial charge in [0.25, 0.3) is 0 Å². The van der Waals surface area contributed by atoms with E-state index in [0.717, 1.165) is 26.0 Å². The summed E-state index contributed by atoms with van der Waals surface area (Å²) >= 11 is 0. The van der Waals surface area contributed by atoms with Crippen molar-refractivity contribution in [3.63, 3.8) is 0 Å². The van der Waals surface area contributed by atoms with E-state index in [1.54, 1.807) is 6.92 Å². The molecule has 1 rings (SSSR count). The molecule has 0 heterocycles. The van der Waals surface area contributed by atoms with Crippen LogP contribution >= 0.6 is 0 Å². The predicted molar refractivity (Wildman–Crippen MR) is 77.4 cm³/mol. The standard InChI is InChI=1S/C16H19F3O4/c1-4-5-6-15(16(17,18)19)12-7-13(22-10(2)20)9-14(8-12)23-11(3)21/h7-9,15H,4-6H2,1-3H3/t15-/m1/s1. The Balaban J connectivity index is 3.28. The molecular formula is C16H19F3O4. The van der Waals surface area contributed by atoms with E-state index < -0.39 is 24.0 Å². The molecule has 0 fully saturated rings. The van der Waals surface area contributed by atoms with Crippen LogP contribution in [0.5, 0.6) is 11.5 Å². The van der Waals surface area contributed by atoms with Crippen molar-refractivity contribution in [1.82, 2.24) is 0 Å². The second-order valence-electron chi connectivity index (χ2n) is 5.16. The Morgan fingerprint density at radius 3 is 1.87 bits per heavy atom. The number of rotatable bonds is 6. The van der Waals surface area contributed by atoms with Crippen molar-refractivity contribution in [3.8, 4) is 11.5 Å². The van der Waals surface area contributed by atoms with Crippen LogP contribution in [0.4, 0.5) is 13.2 Å². The van der Waals surface area contributed by atoms with Crippen molar-refractivity contribution in [2.45, 2.75) is 52.1 Å². The van der Waals surface area contributed by atoms with Crippen LogP contribution < -0.4 is 9.47 Å². The normalized spacial score (nSPS) is 12.6. The van der Waals surface area contributed by atoms with E-state index in [2.05, 4.69) is 0 Å². The summed E-state index contributed by atoms with van der Waals surface area (Å²) in [5.74, 6) is -3.23. The number of carbonyl (C=O) groups is 2. The van der Waals surface area contributed by atoms with Gasteiger partial charge in [0.05, 0.1) is 5.92 Å². The molecule has 4 nitrogen and oxygen atoms in total. The molecule has 1 aromatic carbocycles. The van der Waals surface area contributed by atoms with E-state index in [9.17, 15) is 22.8 Å². The van der Waals surface area contributed by atoms with Crippen LogP contribution in [0, 0.1) is 0 Å². The summed E-state index contributed by atoms with van der Waals surface area (Å²) in [6.45, 7) is 4.07. The lowest BCUT2D eigenvalue weighted by atomic mass is 9.92. The smallest absolute Gasteiger partial charge is 0.395 e. The van der Waals surface area contributed by atoms with Crippen molar-refractivity contribution in [1.29, 1.82) is 0 Å². The topological polar surface area (TPSA) is 52.6 Å². The van der Waals surface area contributed by atoms with Gasteiger partial charge in [-0.15, -0.1) is 0 Å². The zero-order valence-electron chi connectivity index (χ0n) is 13.2. The Kier molecular flexibility index (Phi) is 6.60. The van der Waals surface area contributed by atoms with Gasteiger partial charge < -0.3 is 9.47 Å². The summed E-state index contributed by atoms with van der Waals surface area (Å²) in [6.07, 6.45) is -3.53. The van der Waals surface area contributed by atoms with Crippen LogP contribution in [0.15, 0.2) is 18.2 Å². The van der Waals surface area contributed by atoms with Gasteiger partial charge in [0.1, 0.15) is 11.5 Å². The molecule has 0 radical (unpaired) electrons. The molecule has 0 aliphatic rings. The van der Waals surface area contributed by atoms with Crippen LogP contribution in [0.3, 0.4) is 0 Å². The molecule has 0 N–H and O–H groups in total. The Morgan fingerprint density at radius 1 is 1.04 bits per heavy atom. The van der Waals surface area contributed by atoms with Gasteiger partial charge in [-0.3, -0.25) is 9.59 Å². The SMILES string of the molecule is CCCC[C@H](c1cc(OC(C)=O)cc(OC(C)=O)c1)C(F)(F)F. The number of halogens is 3. The van der Waals surface area contributed by atoms with Gasteiger partial charge in [-0.2, -0.15) is 13.2 Å². The van der Waals surface area contributed by atoms with Crippen molar-refractivity contribution >= 4 is 11.9 Å². The van der Waals surface area contributed by atoms with E-state index >= 15 is 0 Å². The van der Waals surface area contributed by atoms with E-state index in [1.165, 1.54) is 6.07 Å². The van der Waals surface area contributed by atoms with Crippen molar-refractivity contribution in [2.24, 2.45) is 0 Å². The lowest BCUT2D eigenvalue weighted by molar-refractivity contribution is -0.152. The fraction of sp³-hybridized carbons (Fsp3) is 0.500. The zero-order chi connectivity index (χ0) is 17.6. The molecule has 7 heteroatoms. The Labute approximate surface area is 132 Å². The number of unbranched alkanes of at least 4 members (excludes halogenated alkanes) is 1. The molecule has 23 heavy (non-hydrogen) atoms. The molecule has 1 aromatic rings. The average molecular weight is 332 g/mol. The van der Waals surface area contributed by atoms with Crippen molar-refractivity contribution < 1.29 is 32.2 Å². The van der Waals surface area contributed by atoms with Crippen LogP contribution in [-0.4, -0.2) is 18.1 Å². The quantitative estimate of drug-likeness (QED) is 0.573. The molecule has 1 atom stereocenters. The summed E-state index contributed by atoms with van der Waals surface area (Å²) in [6, 6.07) is 3.52. The maximum absolute atomic E-state index is 13.3. The summed E-state index contributed by atoms with van der Waals surface area (Å²) < 4.78 is 49.6. The summed E-state index contributed by atoms with van der Waals surface area (Å²) in [7, 11) is 0. The number of hydrogen-bond donors (Lipinski definition) is 0. The van der Waals surface area contributed by atoms with Gasteiger partial charge in [-0.25, -0.2) is 0 Å². The predicted octanol–water partition coefficient (Wildman–Crippen LogP) is 4.37. The van der Waals surface area contributed by atoms with E-state index in [-0.39, 0.29) is 23.5 Å². The minimum absolute atomic E-state index is 0.0861. The highest BCUT2D eigenvalue weighted by molar-refractivity contribution is 5.71. The Morgan fingerprint density at radius 2 is 1.52 bits per heavy atom. The molecule has 0 amide bonds. The highest BCUT2D eigenvalue weighted by Crippen LogP contribution is 2.41. The van der Waals surface area contributed by atoms with Gasteiger partial charge in [0.2, 0.25) is 0 Å². The van der Waals surface area contributed by atoms with Crippen molar-refractivity contribution in [3.05, 3.63) is 23.8 Å². The second kappa shape index (κ2) is 7.99. The maximum Gasteiger partial charge on any atom is 0.395 e. The fourth-order valence-corrected chi connectivity index (χ4v) is 2.17. The minimum Gasteiger partial charge on any atom is -0.427 e. The number of esters is 2. The minimum atomic E-state index is -4.45. The first-order chi connectivity index (χ1) is 10.6. The average Bonchev–Trinajstić information content (AvgIpc) is 2.35. The summed E-state index contributed by atoms with van der Waals surface area (Å²) in [4.78, 5) is 22.1. The zero-order valence-corrected chi connectivity index (χ0v) is 13.2. The fourth-order valence-electron chi connectivity index (χ4n) is 2.17. The number of hydrogen-bond acceptors (Lipinski definition) is 4. The largest absolute Gasteiger partial charge is 0.427 e. The van der Waals surface area contributed by atoms with Crippen LogP contribution in [-0.2, 0) is 9.59 Å². The van der Waals surface area contributed by atoms with E-state index in [0.29, 0.717) is 12.8 Å². The number of carbonyl (C=O) groups excluding carboxylic acids is 2. The molecule has 0 saturated carbocycles. The third-order valence-corrected chi connectivity index (χ3v) is 3.07. The number of alkyl halides is 3. The van der Waals surface area contributed by atoms with Gasteiger partial charge in [-0.05, 0) is 24.1 Å². The molecule has 0 bridgehead atoms. The maximum atomic E-state index is 13.3. The Bertz CT molecular complexity index is 533.